The average molecular weight is 176 g/mol. The molecule has 0 saturated heterocycles. The third kappa shape index (κ3) is 2.35. The van der Waals surface area contributed by atoms with Crippen LogP contribution in [0.4, 0.5) is 0 Å². The Labute approximate surface area is 79.8 Å². The van der Waals surface area contributed by atoms with Gasteiger partial charge in [0, 0.05) is 5.56 Å². The van der Waals surface area contributed by atoms with Crippen LogP contribution in [0.5, 0.6) is 0 Å². The molecular formula is C12H16O. The molecule has 1 aromatic heterocycles. The zero-order valence-corrected chi connectivity index (χ0v) is 8.72. The second-order valence-corrected chi connectivity index (χ2v) is 3.20. The van der Waals surface area contributed by atoms with Crippen molar-refractivity contribution in [1.82, 2.24) is 0 Å². The van der Waals surface area contributed by atoms with Crippen molar-refractivity contribution in [1.29, 1.82) is 0 Å². The quantitative estimate of drug-likeness (QED) is 0.623. The van der Waals surface area contributed by atoms with Crippen LogP contribution in [0, 0.1) is 13.8 Å². The summed E-state index contributed by atoms with van der Waals surface area (Å²) in [5.74, 6) is 1.97. The highest BCUT2D eigenvalue weighted by atomic mass is 16.3. The van der Waals surface area contributed by atoms with E-state index in [1.54, 1.807) is 0 Å². The molecule has 0 radical (unpaired) electrons. The van der Waals surface area contributed by atoms with E-state index in [-0.39, 0.29) is 0 Å². The summed E-state index contributed by atoms with van der Waals surface area (Å²) in [5.41, 5.74) is 2.45. The number of aryl methyl sites for hydroxylation is 2. The van der Waals surface area contributed by atoms with Crippen LogP contribution in [-0.2, 0) is 0 Å². The molecule has 1 heteroatoms. The predicted molar refractivity (Wildman–Crippen MR) is 56.6 cm³/mol. The first-order valence-electron chi connectivity index (χ1n) is 4.52. The average Bonchev–Trinajstić information content (AvgIpc) is 2.41. The van der Waals surface area contributed by atoms with E-state index in [4.69, 9.17) is 4.42 Å². The number of rotatable bonds is 2. The van der Waals surface area contributed by atoms with Crippen molar-refractivity contribution >= 4 is 5.57 Å². The van der Waals surface area contributed by atoms with Crippen molar-refractivity contribution < 1.29 is 4.42 Å². The summed E-state index contributed by atoms with van der Waals surface area (Å²) in [5, 5.41) is 0. The lowest BCUT2D eigenvalue weighted by Gasteiger charge is -1.95. The molecule has 1 nitrogen and oxygen atoms in total. The maximum absolute atomic E-state index is 5.45. The van der Waals surface area contributed by atoms with Gasteiger partial charge in [-0.15, -0.1) is 0 Å². The summed E-state index contributed by atoms with van der Waals surface area (Å²) >= 11 is 0. The molecule has 70 valence electrons. The van der Waals surface area contributed by atoms with Crippen molar-refractivity contribution in [2.75, 3.05) is 0 Å². The zero-order valence-electron chi connectivity index (χ0n) is 8.72. The molecule has 0 spiro atoms. The molecule has 0 fully saturated rings. The van der Waals surface area contributed by atoms with Crippen LogP contribution in [0.1, 0.15) is 30.9 Å². The predicted octanol–water partition coefficient (Wildman–Crippen LogP) is 3.88. The van der Waals surface area contributed by atoms with Crippen molar-refractivity contribution in [2.45, 2.75) is 27.7 Å². The summed E-state index contributed by atoms with van der Waals surface area (Å²) in [4.78, 5) is 0. The van der Waals surface area contributed by atoms with E-state index in [1.165, 1.54) is 11.1 Å². The fourth-order valence-electron chi connectivity index (χ4n) is 1.35. The first kappa shape index (κ1) is 9.85. The minimum atomic E-state index is 0.973. The maximum Gasteiger partial charge on any atom is 0.108 e. The molecule has 1 heterocycles. The van der Waals surface area contributed by atoms with Crippen molar-refractivity contribution in [3.63, 3.8) is 0 Å². The van der Waals surface area contributed by atoms with Gasteiger partial charge in [0.25, 0.3) is 0 Å². The molecule has 0 aromatic carbocycles. The van der Waals surface area contributed by atoms with Gasteiger partial charge in [0.2, 0.25) is 0 Å². The highest BCUT2D eigenvalue weighted by Crippen LogP contribution is 2.21. The van der Waals surface area contributed by atoms with Gasteiger partial charge in [-0.2, -0.15) is 0 Å². The van der Waals surface area contributed by atoms with Gasteiger partial charge >= 0.3 is 0 Å². The molecule has 13 heavy (non-hydrogen) atoms. The van der Waals surface area contributed by atoms with Crippen molar-refractivity contribution in [3.8, 4) is 0 Å². The summed E-state index contributed by atoms with van der Waals surface area (Å²) < 4.78 is 5.45. The number of hydrogen-bond donors (Lipinski definition) is 0. The van der Waals surface area contributed by atoms with Gasteiger partial charge in [-0.05, 0) is 39.3 Å². The molecule has 0 atom stereocenters. The highest BCUT2D eigenvalue weighted by molar-refractivity contribution is 5.66. The van der Waals surface area contributed by atoms with E-state index in [0.717, 1.165) is 11.5 Å². The van der Waals surface area contributed by atoms with Crippen LogP contribution in [0.2, 0.25) is 0 Å². The van der Waals surface area contributed by atoms with Crippen LogP contribution in [-0.4, -0.2) is 0 Å². The van der Waals surface area contributed by atoms with Gasteiger partial charge in [-0.3, -0.25) is 0 Å². The van der Waals surface area contributed by atoms with E-state index in [0.29, 0.717) is 0 Å². The normalized spacial score (nSPS) is 12.8. The minimum Gasteiger partial charge on any atom is -0.466 e. The van der Waals surface area contributed by atoms with Gasteiger partial charge in [-0.25, -0.2) is 0 Å². The SMILES string of the molecule is CC=CC=C(C)c1cc(C)oc1C. The molecular weight excluding hydrogens is 160 g/mol. The monoisotopic (exact) mass is 176 g/mol. The molecule has 1 rings (SSSR count). The Hall–Kier alpha value is -1.24. The maximum atomic E-state index is 5.45. The second-order valence-electron chi connectivity index (χ2n) is 3.20. The van der Waals surface area contributed by atoms with Crippen LogP contribution < -0.4 is 0 Å². The third-order valence-corrected chi connectivity index (χ3v) is 2.00. The standard InChI is InChI=1S/C12H16O/c1-5-6-7-9(2)12-8-10(3)13-11(12)4/h5-8H,1-4H3. The summed E-state index contributed by atoms with van der Waals surface area (Å²) in [6.45, 7) is 8.07. The van der Waals surface area contributed by atoms with Crippen LogP contribution in [0.3, 0.4) is 0 Å². The smallest absolute Gasteiger partial charge is 0.108 e. The van der Waals surface area contributed by atoms with Crippen LogP contribution in [0.15, 0.2) is 28.7 Å². The molecule has 0 unspecified atom stereocenters. The molecule has 0 saturated carbocycles. The molecule has 1 aromatic rings. The second kappa shape index (κ2) is 4.13. The number of allylic oxidation sites excluding steroid dienone is 4. The third-order valence-electron chi connectivity index (χ3n) is 2.00. The first-order chi connectivity index (χ1) is 6.15. The molecule has 0 amide bonds. The van der Waals surface area contributed by atoms with E-state index >= 15 is 0 Å². The number of furan rings is 1. The highest BCUT2D eigenvalue weighted by Gasteiger charge is 2.04. The van der Waals surface area contributed by atoms with E-state index in [9.17, 15) is 0 Å². The lowest BCUT2D eigenvalue weighted by Crippen LogP contribution is -1.77. The lowest BCUT2D eigenvalue weighted by atomic mass is 10.1. The Morgan fingerprint density at radius 3 is 2.54 bits per heavy atom. The number of hydrogen-bond acceptors (Lipinski definition) is 1. The molecule has 0 bridgehead atoms. The minimum absolute atomic E-state index is 0.973. The first-order valence-corrected chi connectivity index (χ1v) is 4.52. The van der Waals surface area contributed by atoms with E-state index < -0.39 is 0 Å². The van der Waals surface area contributed by atoms with Gasteiger partial charge < -0.3 is 4.42 Å². The molecule has 0 aliphatic heterocycles. The van der Waals surface area contributed by atoms with Crippen molar-refractivity contribution in [2.24, 2.45) is 0 Å². The fourth-order valence-corrected chi connectivity index (χ4v) is 1.35. The largest absolute Gasteiger partial charge is 0.466 e. The summed E-state index contributed by atoms with van der Waals surface area (Å²) in [6, 6.07) is 2.07. The fraction of sp³-hybridized carbons (Fsp3) is 0.333. The van der Waals surface area contributed by atoms with E-state index in [2.05, 4.69) is 19.1 Å². The van der Waals surface area contributed by atoms with Crippen molar-refractivity contribution in [3.05, 3.63) is 41.4 Å². The summed E-state index contributed by atoms with van der Waals surface area (Å²) in [7, 11) is 0. The lowest BCUT2D eigenvalue weighted by molar-refractivity contribution is 0.504. The zero-order chi connectivity index (χ0) is 9.84. The van der Waals surface area contributed by atoms with Crippen LogP contribution in [0.25, 0.3) is 5.57 Å². The van der Waals surface area contributed by atoms with Gasteiger partial charge in [0.05, 0.1) is 0 Å². The molecule has 0 aliphatic rings. The van der Waals surface area contributed by atoms with Gasteiger partial charge in [-0.1, -0.05) is 18.2 Å². The van der Waals surface area contributed by atoms with E-state index in [1.807, 2.05) is 32.9 Å². The Kier molecular flexibility index (Phi) is 3.13. The van der Waals surface area contributed by atoms with Crippen LogP contribution >= 0.6 is 0 Å². The Balaban J connectivity index is 3.00. The van der Waals surface area contributed by atoms with Gasteiger partial charge in [0.15, 0.2) is 0 Å². The summed E-state index contributed by atoms with van der Waals surface area (Å²) in [6.07, 6.45) is 6.15. The van der Waals surface area contributed by atoms with Gasteiger partial charge in [0.1, 0.15) is 11.5 Å². The Morgan fingerprint density at radius 1 is 1.38 bits per heavy atom. The topological polar surface area (TPSA) is 13.1 Å². The Bertz CT molecular complexity index is 340. The molecule has 0 N–H and O–H groups in total. The molecule has 0 aliphatic carbocycles. The Morgan fingerprint density at radius 2 is 2.08 bits per heavy atom.